The zero-order valence-electron chi connectivity index (χ0n) is 35.0. The first kappa shape index (κ1) is 48.2. The average molecular weight is 947 g/mol. The van der Waals surface area contributed by atoms with Crippen LogP contribution in [0, 0.1) is 11.2 Å². The highest BCUT2D eigenvalue weighted by Gasteiger charge is 2.38. The quantitative estimate of drug-likeness (QED) is 0.0534. The summed E-state index contributed by atoms with van der Waals surface area (Å²) in [7, 11) is -2.33. The summed E-state index contributed by atoms with van der Waals surface area (Å²) in [5.74, 6) is 3.53. The third kappa shape index (κ3) is 10.8. The maximum absolute atomic E-state index is 13.3. The van der Waals surface area contributed by atoms with Gasteiger partial charge in [-0.25, -0.2) is 0 Å². The Morgan fingerprint density at radius 2 is 0.716 bits per heavy atom. The topological polar surface area (TPSA) is 17.1 Å². The van der Waals surface area contributed by atoms with Crippen LogP contribution in [0.25, 0.3) is 21.5 Å². The van der Waals surface area contributed by atoms with E-state index in [1.165, 1.54) is 10.8 Å². The van der Waals surface area contributed by atoms with Crippen molar-refractivity contribution in [3.63, 3.8) is 0 Å². The summed E-state index contributed by atoms with van der Waals surface area (Å²) >= 11 is 0. The largest absolute Gasteiger partial charge is 0.416 e. The third-order valence-electron chi connectivity index (χ3n) is 11.4. The highest BCUT2D eigenvalue weighted by atomic mass is 32.2. The molecule has 0 saturated heterocycles. The third-order valence-corrected chi connectivity index (χ3v) is 12.8. The summed E-state index contributed by atoms with van der Waals surface area (Å²) in [6.07, 6.45) is -20.2. The van der Waals surface area contributed by atoms with Gasteiger partial charge in [0.25, 0.3) is 0 Å². The number of rotatable bonds is 6. The van der Waals surface area contributed by atoms with E-state index in [1.807, 2.05) is 54.6 Å². The molecular weight excluding hydrogens is 911 g/mol. The van der Waals surface area contributed by atoms with Gasteiger partial charge in [0.05, 0.1) is 22.3 Å². The van der Waals surface area contributed by atoms with E-state index in [0.29, 0.717) is 54.3 Å². The Hall–Kier alpha value is -6.79. The molecule has 1 nitrogen and oxygen atoms in total. The Bertz CT molecular complexity index is 2820. The fourth-order valence-electron chi connectivity index (χ4n) is 8.26. The van der Waals surface area contributed by atoms with Crippen molar-refractivity contribution >= 4 is 59.5 Å². The number of halogens is 12. The molecule has 15 heteroatoms. The maximum Gasteiger partial charge on any atom is 0.416 e. The Morgan fingerprint density at radius 1 is 0.418 bits per heavy atom. The maximum atomic E-state index is 13.3. The van der Waals surface area contributed by atoms with Gasteiger partial charge in [-0.15, -0.1) is 0 Å². The standard InChI is InChI=1S/C28H16BF12.C24H19OS/c30-25(31,32)17-1-9-21(10-2-17)29(22-11-3-18(4-12-22)26(33,34)35,23-13-5-19(6-14-23)27(36,37)38)24-15-7-20(8-16-24)28(39,40)41;1-26(25,16-15-19-9-3-2-4-10-19)18-24-22-13-7-5-11-20(22)17-21-12-6-8-14-23(21)24/h1-16H;2-14,17H,18H2,1H3/q-1;+1. The molecular formula is C52H35BF12OS. The number of fused-ring (bicyclic) bond motifs is 2. The fourth-order valence-corrected chi connectivity index (χ4v) is 9.53. The molecule has 0 aliphatic heterocycles. The normalized spacial score (nSPS) is 13.3. The van der Waals surface area contributed by atoms with E-state index in [9.17, 15) is 56.9 Å². The molecule has 0 saturated carbocycles. The van der Waals surface area contributed by atoms with Crippen molar-refractivity contribution in [3.05, 3.63) is 215 Å². The van der Waals surface area contributed by atoms with Crippen LogP contribution in [0.15, 0.2) is 182 Å². The van der Waals surface area contributed by atoms with Crippen molar-refractivity contribution in [2.75, 3.05) is 6.26 Å². The summed E-state index contributed by atoms with van der Waals surface area (Å²) in [6, 6.07) is 42.1. The van der Waals surface area contributed by atoms with Crippen molar-refractivity contribution in [2.24, 2.45) is 0 Å². The molecule has 8 aromatic rings. The van der Waals surface area contributed by atoms with E-state index in [2.05, 4.69) is 41.5 Å². The summed E-state index contributed by atoms with van der Waals surface area (Å²) in [5.41, 5.74) is -2.28. The van der Waals surface area contributed by atoms with Gasteiger partial charge in [0, 0.05) is 11.1 Å². The smallest absolute Gasteiger partial charge is 0.195 e. The van der Waals surface area contributed by atoms with Gasteiger partial charge in [-0.3, -0.25) is 0 Å². The fraction of sp³-hybridized carbons (Fsp3) is 0.115. The van der Waals surface area contributed by atoms with E-state index in [-0.39, 0.29) is 21.9 Å². The lowest BCUT2D eigenvalue weighted by Crippen LogP contribution is -2.74. The zero-order valence-corrected chi connectivity index (χ0v) is 35.8. The second-order valence-electron chi connectivity index (χ2n) is 15.9. The number of hydrogen-bond acceptors (Lipinski definition) is 1. The minimum Gasteiger partial charge on any atom is -0.195 e. The predicted molar refractivity (Wildman–Crippen MR) is 243 cm³/mol. The van der Waals surface area contributed by atoms with Crippen LogP contribution in [0.5, 0.6) is 0 Å². The first-order valence-electron chi connectivity index (χ1n) is 20.3. The molecule has 0 aliphatic carbocycles. The van der Waals surface area contributed by atoms with Crippen LogP contribution < -0.4 is 21.9 Å². The predicted octanol–water partition coefficient (Wildman–Crippen LogP) is 12.8. The molecule has 1 unspecified atom stereocenters. The molecule has 342 valence electrons. The minimum absolute atomic E-state index is 0.0114. The molecule has 0 bridgehead atoms. The molecule has 0 aliphatic rings. The molecule has 8 rings (SSSR count). The molecule has 0 fully saturated rings. The van der Waals surface area contributed by atoms with Crippen molar-refractivity contribution in [2.45, 2.75) is 30.5 Å². The van der Waals surface area contributed by atoms with Crippen molar-refractivity contribution in [3.8, 4) is 11.2 Å². The summed E-state index contributed by atoms with van der Waals surface area (Å²) < 4.78 is 173. The van der Waals surface area contributed by atoms with E-state index in [0.717, 1.165) is 70.4 Å². The summed E-state index contributed by atoms with van der Waals surface area (Å²) in [5, 5.41) is 7.69. The van der Waals surface area contributed by atoms with E-state index in [4.69, 9.17) is 0 Å². The van der Waals surface area contributed by atoms with E-state index >= 15 is 0 Å². The molecule has 0 spiro atoms. The molecule has 0 N–H and O–H groups in total. The molecule has 0 heterocycles. The van der Waals surface area contributed by atoms with Gasteiger partial charge < -0.3 is 0 Å². The molecule has 67 heavy (non-hydrogen) atoms. The summed E-state index contributed by atoms with van der Waals surface area (Å²) in [6.45, 7) is 0. The van der Waals surface area contributed by atoms with Gasteiger partial charge in [-0.05, 0) is 45.7 Å². The van der Waals surface area contributed by atoms with Crippen molar-refractivity contribution in [1.29, 1.82) is 0 Å². The second-order valence-corrected chi connectivity index (χ2v) is 18.4. The summed E-state index contributed by atoms with van der Waals surface area (Å²) in [4.78, 5) is 0. The van der Waals surface area contributed by atoms with Gasteiger partial charge >= 0.3 is 24.7 Å². The molecule has 0 amide bonds. The zero-order chi connectivity index (χ0) is 48.4. The monoisotopic (exact) mass is 946 g/mol. The highest BCUT2D eigenvalue weighted by Crippen LogP contribution is 2.34. The lowest BCUT2D eigenvalue weighted by Gasteiger charge is -2.44. The van der Waals surface area contributed by atoms with Crippen LogP contribution in [-0.4, -0.2) is 12.4 Å². The highest BCUT2D eigenvalue weighted by molar-refractivity contribution is 8.06. The van der Waals surface area contributed by atoms with E-state index in [1.54, 1.807) is 6.26 Å². The molecule has 0 radical (unpaired) electrons. The van der Waals surface area contributed by atoms with Gasteiger partial charge in [0.2, 0.25) is 0 Å². The van der Waals surface area contributed by atoms with Gasteiger partial charge in [-0.2, -0.15) is 74.5 Å². The Labute approximate surface area is 378 Å². The molecule has 1 atom stereocenters. The Balaban J connectivity index is 0.000000219. The van der Waals surface area contributed by atoms with Gasteiger partial charge in [-0.1, -0.05) is 168 Å². The Kier molecular flexibility index (Phi) is 13.3. The van der Waals surface area contributed by atoms with Crippen LogP contribution in [0.4, 0.5) is 52.7 Å². The van der Waals surface area contributed by atoms with Crippen LogP contribution >= 0.6 is 0 Å². The second kappa shape index (κ2) is 18.5. The molecule has 8 aromatic carbocycles. The lowest BCUT2D eigenvalue weighted by molar-refractivity contribution is -0.138. The average Bonchev–Trinajstić information content (AvgIpc) is 3.29. The number of alkyl halides is 12. The first-order valence-corrected chi connectivity index (χ1v) is 22.4. The first-order chi connectivity index (χ1) is 31.5. The number of hydrogen-bond donors (Lipinski definition) is 0. The minimum atomic E-state index is -4.77. The van der Waals surface area contributed by atoms with Crippen molar-refractivity contribution < 1.29 is 56.9 Å². The van der Waals surface area contributed by atoms with Crippen molar-refractivity contribution in [1.82, 2.24) is 0 Å². The van der Waals surface area contributed by atoms with E-state index < -0.39 is 63.0 Å². The van der Waals surface area contributed by atoms with Crippen LogP contribution in [0.1, 0.15) is 33.4 Å². The van der Waals surface area contributed by atoms with Gasteiger partial charge in [0.15, 0.2) is 20.9 Å². The van der Waals surface area contributed by atoms with Crippen LogP contribution in [0.3, 0.4) is 0 Å². The van der Waals surface area contributed by atoms with Crippen LogP contribution in [-0.2, 0) is 44.6 Å². The van der Waals surface area contributed by atoms with Gasteiger partial charge in [0.1, 0.15) is 12.4 Å². The number of benzene rings is 8. The Morgan fingerprint density at radius 3 is 1.03 bits per heavy atom. The molecule has 0 aromatic heterocycles. The lowest BCUT2D eigenvalue weighted by atomic mass is 9.13. The van der Waals surface area contributed by atoms with Crippen LogP contribution in [0.2, 0.25) is 0 Å². The SMILES string of the molecule is C[S+](=O)(C#Cc1ccccc1)Cc1c2ccccc2cc2ccccc12.FC(F)(F)c1ccc([B-](c2ccc(C(F)(F)F)cc2)(c2ccc(C(F)(F)F)cc2)c2ccc(C(F)(F)F)cc2)cc1.